The Hall–Kier alpha value is -2.42. The summed E-state index contributed by atoms with van der Waals surface area (Å²) < 4.78 is 38.7. The Morgan fingerprint density at radius 2 is 1.84 bits per heavy atom. The summed E-state index contributed by atoms with van der Waals surface area (Å²) in [7, 11) is -2.33. The van der Waals surface area contributed by atoms with E-state index in [1.807, 2.05) is 44.2 Å². The van der Waals surface area contributed by atoms with Crippen molar-refractivity contribution in [2.75, 3.05) is 33.4 Å². The molecule has 0 unspecified atom stereocenters. The number of benzene rings is 2. The van der Waals surface area contributed by atoms with Gasteiger partial charge in [-0.05, 0) is 62.9 Å². The Morgan fingerprint density at radius 3 is 2.47 bits per heavy atom. The van der Waals surface area contributed by atoms with Crippen molar-refractivity contribution in [3.63, 3.8) is 0 Å². The lowest BCUT2D eigenvalue weighted by Gasteiger charge is -2.22. The molecule has 0 aromatic heterocycles. The van der Waals surface area contributed by atoms with Gasteiger partial charge in [-0.2, -0.15) is 4.31 Å². The van der Waals surface area contributed by atoms with Crippen LogP contribution in [0.25, 0.3) is 0 Å². The number of rotatable bonds is 13. The van der Waals surface area contributed by atoms with Gasteiger partial charge in [-0.1, -0.05) is 30.3 Å². The van der Waals surface area contributed by atoms with E-state index in [2.05, 4.69) is 5.32 Å². The number of carbonyl (C=O) groups is 1. The normalized spacial score (nSPS) is 11.7. The van der Waals surface area contributed by atoms with Crippen LogP contribution < -0.4 is 10.1 Å². The fraction of sp³-hybridized carbons (Fsp3) is 0.458. The van der Waals surface area contributed by atoms with Crippen molar-refractivity contribution in [1.82, 2.24) is 9.62 Å². The maximum atomic E-state index is 13.4. The van der Waals surface area contributed by atoms with E-state index >= 15 is 0 Å². The fourth-order valence-corrected chi connectivity index (χ4v) is 4.66. The smallest absolute Gasteiger partial charge is 0.243 e. The van der Waals surface area contributed by atoms with Crippen molar-refractivity contribution >= 4 is 15.9 Å². The molecule has 2 rings (SSSR count). The first kappa shape index (κ1) is 25.8. The summed E-state index contributed by atoms with van der Waals surface area (Å²) in [4.78, 5) is 12.7. The zero-order chi connectivity index (χ0) is 23.6. The Morgan fingerprint density at radius 1 is 1.12 bits per heavy atom. The van der Waals surface area contributed by atoms with Crippen molar-refractivity contribution in [2.24, 2.45) is 0 Å². The minimum atomic E-state index is -3.87. The number of sulfonamides is 1. The molecule has 8 heteroatoms. The van der Waals surface area contributed by atoms with Gasteiger partial charge < -0.3 is 14.8 Å². The summed E-state index contributed by atoms with van der Waals surface area (Å²) in [6.45, 7) is 6.62. The predicted molar refractivity (Wildman–Crippen MR) is 125 cm³/mol. The summed E-state index contributed by atoms with van der Waals surface area (Å²) >= 11 is 0. The zero-order valence-electron chi connectivity index (χ0n) is 19.3. The van der Waals surface area contributed by atoms with Crippen LogP contribution in [0.4, 0.5) is 0 Å². The number of hydrogen-bond donors (Lipinski definition) is 1. The number of aryl methyl sites for hydroxylation is 1. The van der Waals surface area contributed by atoms with Crippen molar-refractivity contribution in [3.05, 3.63) is 59.7 Å². The van der Waals surface area contributed by atoms with Crippen LogP contribution in [0, 0.1) is 6.92 Å². The molecule has 0 saturated heterocycles. The van der Waals surface area contributed by atoms with Crippen LogP contribution in [-0.4, -0.2) is 58.1 Å². The largest absolute Gasteiger partial charge is 0.496 e. The van der Waals surface area contributed by atoms with E-state index in [9.17, 15) is 13.2 Å². The van der Waals surface area contributed by atoms with Gasteiger partial charge >= 0.3 is 0 Å². The highest BCUT2D eigenvalue weighted by Crippen LogP contribution is 2.24. The number of nitrogens with one attached hydrogen (secondary N) is 1. The number of hydrogen-bond acceptors (Lipinski definition) is 5. The van der Waals surface area contributed by atoms with Crippen LogP contribution in [0.15, 0.2) is 53.4 Å². The van der Waals surface area contributed by atoms with Gasteiger partial charge in [0.1, 0.15) is 5.75 Å². The molecular weight excluding hydrogens is 428 g/mol. The van der Waals surface area contributed by atoms with Crippen molar-refractivity contribution in [1.29, 1.82) is 0 Å². The number of amides is 1. The summed E-state index contributed by atoms with van der Waals surface area (Å²) in [5.74, 6) is 0.276. The van der Waals surface area contributed by atoms with Crippen molar-refractivity contribution < 1.29 is 22.7 Å². The maximum absolute atomic E-state index is 13.4. The molecule has 1 amide bonds. The molecule has 0 bridgehead atoms. The van der Waals surface area contributed by atoms with Gasteiger partial charge in [-0.15, -0.1) is 0 Å². The highest BCUT2D eigenvalue weighted by molar-refractivity contribution is 7.89. The monoisotopic (exact) mass is 462 g/mol. The molecule has 2 aromatic rings. The molecular formula is C24H34N2O5S. The van der Waals surface area contributed by atoms with E-state index in [4.69, 9.17) is 9.47 Å². The van der Waals surface area contributed by atoms with Gasteiger partial charge in [-0.25, -0.2) is 8.42 Å². The SMILES string of the molecule is COc1ccc(S(=O)(=O)N(CCc2ccccc2)CC(=O)NCCCOC(C)C)cc1C. The molecule has 0 fully saturated rings. The van der Waals surface area contributed by atoms with E-state index in [0.29, 0.717) is 37.3 Å². The molecule has 1 N–H and O–H groups in total. The van der Waals surface area contributed by atoms with Crippen LogP contribution in [0.5, 0.6) is 5.75 Å². The van der Waals surface area contributed by atoms with Crippen LogP contribution in [0.1, 0.15) is 31.4 Å². The molecule has 0 atom stereocenters. The van der Waals surface area contributed by atoms with Crippen LogP contribution >= 0.6 is 0 Å². The summed E-state index contributed by atoms with van der Waals surface area (Å²) in [6.07, 6.45) is 1.31. The van der Waals surface area contributed by atoms with Gasteiger partial charge in [0.15, 0.2) is 0 Å². The molecule has 0 radical (unpaired) electrons. The average molecular weight is 463 g/mol. The van der Waals surface area contributed by atoms with Crippen LogP contribution in [0.3, 0.4) is 0 Å². The third kappa shape index (κ3) is 7.93. The van der Waals surface area contributed by atoms with E-state index in [1.165, 1.54) is 10.4 Å². The van der Waals surface area contributed by atoms with Crippen LogP contribution in [0.2, 0.25) is 0 Å². The topological polar surface area (TPSA) is 84.9 Å². The summed E-state index contributed by atoms with van der Waals surface area (Å²) in [5, 5.41) is 2.79. The van der Waals surface area contributed by atoms with Crippen molar-refractivity contribution in [2.45, 2.75) is 44.6 Å². The quantitative estimate of drug-likeness (QED) is 0.462. The minimum absolute atomic E-state index is 0.136. The molecule has 0 aliphatic carbocycles. The molecule has 0 aliphatic heterocycles. The van der Waals surface area contributed by atoms with E-state index in [0.717, 1.165) is 5.56 Å². The van der Waals surface area contributed by atoms with Gasteiger partial charge in [0.05, 0.1) is 24.7 Å². The number of ether oxygens (including phenoxy) is 2. The van der Waals surface area contributed by atoms with Gasteiger partial charge in [-0.3, -0.25) is 4.79 Å². The first-order chi connectivity index (χ1) is 15.2. The second-order valence-electron chi connectivity index (χ2n) is 7.83. The minimum Gasteiger partial charge on any atom is -0.496 e. The van der Waals surface area contributed by atoms with Gasteiger partial charge in [0.25, 0.3) is 0 Å². The first-order valence-electron chi connectivity index (χ1n) is 10.8. The Bertz CT molecular complexity index is 962. The van der Waals surface area contributed by atoms with Gasteiger partial charge in [0.2, 0.25) is 15.9 Å². The second kappa shape index (κ2) is 12.6. The number of methoxy groups -OCH3 is 1. The van der Waals surface area contributed by atoms with Crippen molar-refractivity contribution in [3.8, 4) is 5.75 Å². The summed E-state index contributed by atoms with van der Waals surface area (Å²) in [6, 6.07) is 14.3. The standard InChI is InChI=1S/C24H34N2O5S/c1-19(2)31-16-8-14-25-24(27)18-26(15-13-21-9-6-5-7-10-21)32(28,29)22-11-12-23(30-4)20(3)17-22/h5-7,9-12,17,19H,8,13-16,18H2,1-4H3,(H,25,27). The highest BCUT2D eigenvalue weighted by Gasteiger charge is 2.27. The summed E-state index contributed by atoms with van der Waals surface area (Å²) in [5.41, 5.74) is 1.72. The molecule has 0 saturated carbocycles. The Balaban J connectivity index is 2.12. The second-order valence-corrected chi connectivity index (χ2v) is 9.77. The van der Waals surface area contributed by atoms with E-state index in [-0.39, 0.29) is 30.0 Å². The molecule has 0 aliphatic rings. The Kier molecular flexibility index (Phi) is 10.2. The van der Waals surface area contributed by atoms with E-state index in [1.54, 1.807) is 26.2 Å². The lowest BCUT2D eigenvalue weighted by Crippen LogP contribution is -2.42. The van der Waals surface area contributed by atoms with E-state index < -0.39 is 10.0 Å². The maximum Gasteiger partial charge on any atom is 0.243 e. The lowest BCUT2D eigenvalue weighted by atomic mass is 10.1. The third-order valence-corrected chi connectivity index (χ3v) is 6.75. The molecule has 0 heterocycles. The molecule has 2 aromatic carbocycles. The van der Waals surface area contributed by atoms with Crippen LogP contribution in [-0.2, 0) is 26.0 Å². The molecule has 7 nitrogen and oxygen atoms in total. The molecule has 176 valence electrons. The zero-order valence-corrected chi connectivity index (χ0v) is 20.2. The predicted octanol–water partition coefficient (Wildman–Crippen LogP) is 3.17. The first-order valence-corrected chi connectivity index (χ1v) is 12.2. The number of carbonyl (C=O) groups excluding carboxylic acids is 1. The third-order valence-electron chi connectivity index (χ3n) is 4.91. The number of nitrogens with zero attached hydrogens (tertiary/aromatic N) is 1. The fourth-order valence-electron chi connectivity index (χ4n) is 3.18. The highest BCUT2D eigenvalue weighted by atomic mass is 32.2. The lowest BCUT2D eigenvalue weighted by molar-refractivity contribution is -0.121. The average Bonchev–Trinajstić information content (AvgIpc) is 2.76. The molecule has 32 heavy (non-hydrogen) atoms. The Labute approximate surface area is 191 Å². The molecule has 0 spiro atoms. The van der Waals surface area contributed by atoms with Gasteiger partial charge in [0, 0.05) is 19.7 Å².